The first-order valence-electron chi connectivity index (χ1n) is 4.08. The lowest BCUT2D eigenvalue weighted by molar-refractivity contribution is -0.105. The number of nitrogens with one attached hydrogen (secondary N) is 1. The third-order valence-corrected chi connectivity index (χ3v) is 1.82. The Kier molecular flexibility index (Phi) is 3.23. The first-order chi connectivity index (χ1) is 6.69. The molecule has 4 nitrogen and oxygen atoms in total. The lowest BCUT2D eigenvalue weighted by Crippen LogP contribution is -2.02. The van der Waals surface area contributed by atoms with Crippen LogP contribution in [0.3, 0.4) is 0 Å². The Bertz CT molecular complexity index is 360. The first kappa shape index (κ1) is 10.2. The van der Waals surface area contributed by atoms with Gasteiger partial charge >= 0.3 is 0 Å². The molecule has 0 aromatic heterocycles. The molecule has 1 amide bonds. The van der Waals surface area contributed by atoms with Crippen LogP contribution in [-0.2, 0) is 4.79 Å². The van der Waals surface area contributed by atoms with Gasteiger partial charge in [0, 0.05) is 5.56 Å². The normalized spacial score (nSPS) is 9.29. The van der Waals surface area contributed by atoms with Crippen molar-refractivity contribution >= 4 is 17.9 Å². The van der Waals surface area contributed by atoms with Crippen LogP contribution in [0.4, 0.5) is 5.69 Å². The number of carbonyl (C=O) groups excluding carboxylic acids is 2. The summed E-state index contributed by atoms with van der Waals surface area (Å²) >= 11 is 0. The number of carbonyl (C=O) groups is 2. The minimum atomic E-state index is -0.117. The van der Waals surface area contributed by atoms with E-state index in [0.717, 1.165) is 0 Å². The summed E-state index contributed by atoms with van der Waals surface area (Å²) in [7, 11) is 1.52. The zero-order valence-corrected chi connectivity index (χ0v) is 8.03. The predicted octanol–water partition coefficient (Wildman–Crippen LogP) is 1.47. The molecule has 0 aliphatic carbocycles. The summed E-state index contributed by atoms with van der Waals surface area (Å²) in [5.74, 6) is 0.472. The van der Waals surface area contributed by atoms with E-state index in [-0.39, 0.29) is 5.78 Å². The second-order valence-corrected chi connectivity index (χ2v) is 2.73. The average Bonchev–Trinajstić information content (AvgIpc) is 2.18. The van der Waals surface area contributed by atoms with Crippen molar-refractivity contribution < 1.29 is 14.3 Å². The van der Waals surface area contributed by atoms with E-state index in [1.807, 2.05) is 0 Å². The first-order valence-corrected chi connectivity index (χ1v) is 4.08. The average molecular weight is 193 g/mol. The van der Waals surface area contributed by atoms with Gasteiger partial charge in [0.05, 0.1) is 12.8 Å². The van der Waals surface area contributed by atoms with Crippen LogP contribution >= 0.6 is 0 Å². The molecule has 0 saturated heterocycles. The Balaban J connectivity index is 3.16. The molecule has 0 unspecified atom stereocenters. The van der Waals surface area contributed by atoms with Crippen LogP contribution in [0, 0.1) is 0 Å². The van der Waals surface area contributed by atoms with Gasteiger partial charge in [0.2, 0.25) is 6.41 Å². The van der Waals surface area contributed by atoms with Crippen molar-refractivity contribution in [3.63, 3.8) is 0 Å². The van der Waals surface area contributed by atoms with Crippen LogP contribution < -0.4 is 10.1 Å². The molecular weight excluding hydrogens is 182 g/mol. The van der Waals surface area contributed by atoms with Crippen molar-refractivity contribution in [2.24, 2.45) is 0 Å². The number of ether oxygens (including phenoxy) is 1. The molecule has 1 aromatic rings. The number of ketones is 1. The van der Waals surface area contributed by atoms with Crippen molar-refractivity contribution in [3.8, 4) is 5.75 Å². The molecule has 1 aromatic carbocycles. The number of amides is 1. The smallest absolute Gasteiger partial charge is 0.211 e. The minimum absolute atomic E-state index is 0.117. The number of anilines is 1. The van der Waals surface area contributed by atoms with E-state index in [1.54, 1.807) is 18.2 Å². The Hall–Kier alpha value is -1.84. The molecule has 0 aliphatic heterocycles. The van der Waals surface area contributed by atoms with Gasteiger partial charge in [-0.05, 0) is 25.1 Å². The fourth-order valence-electron chi connectivity index (χ4n) is 1.13. The Morgan fingerprint density at radius 1 is 1.50 bits per heavy atom. The van der Waals surface area contributed by atoms with E-state index in [0.29, 0.717) is 23.4 Å². The van der Waals surface area contributed by atoms with Gasteiger partial charge in [-0.2, -0.15) is 0 Å². The Labute approximate surface area is 81.9 Å². The molecular formula is C10H11NO3. The minimum Gasteiger partial charge on any atom is -0.497 e. The third-order valence-electron chi connectivity index (χ3n) is 1.82. The van der Waals surface area contributed by atoms with Crippen LogP contribution in [0.2, 0.25) is 0 Å². The number of methoxy groups -OCH3 is 1. The molecule has 0 fully saturated rings. The molecule has 0 heterocycles. The Morgan fingerprint density at radius 2 is 2.21 bits per heavy atom. The number of rotatable bonds is 4. The summed E-state index contributed by atoms with van der Waals surface area (Å²) < 4.78 is 4.97. The van der Waals surface area contributed by atoms with Gasteiger partial charge in [0.15, 0.2) is 5.78 Å². The summed E-state index contributed by atoms with van der Waals surface area (Å²) in [6.07, 6.45) is 0.536. The maximum absolute atomic E-state index is 11.2. The molecule has 0 saturated carbocycles. The summed E-state index contributed by atoms with van der Waals surface area (Å²) in [6, 6.07) is 4.90. The monoisotopic (exact) mass is 193 g/mol. The lowest BCUT2D eigenvalue weighted by atomic mass is 10.1. The van der Waals surface area contributed by atoms with E-state index in [1.165, 1.54) is 14.0 Å². The molecule has 0 spiro atoms. The molecule has 0 aliphatic rings. The van der Waals surface area contributed by atoms with Gasteiger partial charge in [0.1, 0.15) is 5.75 Å². The highest BCUT2D eigenvalue weighted by molar-refractivity contribution is 6.01. The highest BCUT2D eigenvalue weighted by atomic mass is 16.5. The van der Waals surface area contributed by atoms with Gasteiger partial charge in [-0.15, -0.1) is 0 Å². The van der Waals surface area contributed by atoms with Crippen molar-refractivity contribution in [2.45, 2.75) is 6.92 Å². The third kappa shape index (κ3) is 2.10. The number of benzene rings is 1. The molecule has 4 heteroatoms. The van der Waals surface area contributed by atoms with Crippen LogP contribution in [0.1, 0.15) is 17.3 Å². The van der Waals surface area contributed by atoms with Gasteiger partial charge in [-0.3, -0.25) is 9.59 Å². The van der Waals surface area contributed by atoms with Crippen molar-refractivity contribution in [3.05, 3.63) is 23.8 Å². The summed E-state index contributed by atoms with van der Waals surface area (Å²) in [5, 5.41) is 2.45. The Morgan fingerprint density at radius 3 is 2.71 bits per heavy atom. The fraction of sp³-hybridized carbons (Fsp3) is 0.200. The number of hydrogen-bond acceptors (Lipinski definition) is 3. The van der Waals surface area contributed by atoms with Crippen molar-refractivity contribution in [2.75, 3.05) is 12.4 Å². The quantitative estimate of drug-likeness (QED) is 0.581. The van der Waals surface area contributed by atoms with E-state index >= 15 is 0 Å². The molecule has 1 rings (SSSR count). The summed E-state index contributed by atoms with van der Waals surface area (Å²) in [4.78, 5) is 21.4. The summed E-state index contributed by atoms with van der Waals surface area (Å²) in [6.45, 7) is 1.44. The van der Waals surface area contributed by atoms with Gasteiger partial charge in [-0.1, -0.05) is 0 Å². The molecule has 0 atom stereocenters. The summed E-state index contributed by atoms with van der Waals surface area (Å²) in [5.41, 5.74) is 0.935. The fourth-order valence-corrected chi connectivity index (χ4v) is 1.13. The van der Waals surface area contributed by atoms with Gasteiger partial charge < -0.3 is 10.1 Å². The van der Waals surface area contributed by atoms with Crippen LogP contribution in [0.25, 0.3) is 0 Å². The van der Waals surface area contributed by atoms with Gasteiger partial charge in [0.25, 0.3) is 0 Å². The predicted molar refractivity (Wildman–Crippen MR) is 52.7 cm³/mol. The highest BCUT2D eigenvalue weighted by Gasteiger charge is 2.07. The van der Waals surface area contributed by atoms with Crippen molar-refractivity contribution in [1.29, 1.82) is 0 Å². The maximum Gasteiger partial charge on any atom is 0.211 e. The highest BCUT2D eigenvalue weighted by Crippen LogP contribution is 2.21. The van der Waals surface area contributed by atoms with E-state index in [4.69, 9.17) is 4.74 Å². The second-order valence-electron chi connectivity index (χ2n) is 2.73. The molecule has 1 N–H and O–H groups in total. The number of hydrogen-bond donors (Lipinski definition) is 1. The number of Topliss-reactive ketones (excluding diaryl/α,β-unsaturated/α-hetero) is 1. The topological polar surface area (TPSA) is 55.4 Å². The molecule has 0 radical (unpaired) electrons. The molecule has 74 valence electrons. The van der Waals surface area contributed by atoms with E-state index in [2.05, 4.69) is 5.32 Å². The molecule has 0 bridgehead atoms. The van der Waals surface area contributed by atoms with E-state index in [9.17, 15) is 9.59 Å². The van der Waals surface area contributed by atoms with Crippen LogP contribution in [0.15, 0.2) is 18.2 Å². The zero-order valence-electron chi connectivity index (χ0n) is 8.03. The van der Waals surface area contributed by atoms with E-state index < -0.39 is 0 Å². The maximum atomic E-state index is 11.2. The standard InChI is InChI=1S/C10H11NO3/c1-7(13)9-5-8(14-2)3-4-10(9)11-6-12/h3-6H,1-2H3,(H,11,12). The lowest BCUT2D eigenvalue weighted by Gasteiger charge is -2.07. The second kappa shape index (κ2) is 4.41. The van der Waals surface area contributed by atoms with Gasteiger partial charge in [-0.25, -0.2) is 0 Å². The largest absolute Gasteiger partial charge is 0.497 e. The van der Waals surface area contributed by atoms with Crippen LogP contribution in [0.5, 0.6) is 5.75 Å². The van der Waals surface area contributed by atoms with Crippen molar-refractivity contribution in [1.82, 2.24) is 0 Å². The zero-order chi connectivity index (χ0) is 10.6. The SMILES string of the molecule is COc1ccc(NC=O)c(C(C)=O)c1. The van der Waals surface area contributed by atoms with Crippen LogP contribution in [-0.4, -0.2) is 19.3 Å². The molecule has 14 heavy (non-hydrogen) atoms.